The van der Waals surface area contributed by atoms with E-state index in [0.717, 1.165) is 52.4 Å². The van der Waals surface area contributed by atoms with Gasteiger partial charge >= 0.3 is 6.09 Å². The third-order valence-corrected chi connectivity index (χ3v) is 7.80. The number of nitrogens with zero attached hydrogens (tertiary/aromatic N) is 5. The van der Waals surface area contributed by atoms with Crippen LogP contribution >= 0.6 is 0 Å². The zero-order chi connectivity index (χ0) is 32.1. The quantitative estimate of drug-likeness (QED) is 0.219. The molecule has 2 amide bonds. The van der Waals surface area contributed by atoms with Crippen LogP contribution in [-0.2, 0) is 20.8 Å². The Bertz CT molecular complexity index is 1650. The summed E-state index contributed by atoms with van der Waals surface area (Å²) >= 11 is 0. The molecule has 1 fully saturated rings. The minimum Gasteiger partial charge on any atom is -0.444 e. The number of nitrogens with one attached hydrogen (secondary N) is 2. The Kier molecular flexibility index (Phi) is 9.83. The number of benzene rings is 1. The molecule has 5 rings (SSSR count). The van der Waals surface area contributed by atoms with Crippen molar-refractivity contribution in [3.63, 3.8) is 0 Å². The minimum atomic E-state index is -0.581. The van der Waals surface area contributed by atoms with Crippen LogP contribution in [0.3, 0.4) is 0 Å². The molecule has 45 heavy (non-hydrogen) atoms. The van der Waals surface area contributed by atoms with E-state index in [4.69, 9.17) is 19.3 Å². The van der Waals surface area contributed by atoms with Crippen LogP contribution in [0.5, 0.6) is 0 Å². The molecule has 0 saturated carbocycles. The molecule has 0 radical (unpaired) electrons. The highest BCUT2D eigenvalue weighted by molar-refractivity contribution is 5.97. The summed E-state index contributed by atoms with van der Waals surface area (Å²) in [6, 6.07) is 6.19. The Morgan fingerprint density at radius 1 is 1.20 bits per heavy atom. The van der Waals surface area contributed by atoms with E-state index < -0.39 is 5.60 Å². The lowest BCUT2D eigenvalue weighted by Gasteiger charge is -2.27. The lowest BCUT2D eigenvalue weighted by atomic mass is 9.97. The summed E-state index contributed by atoms with van der Waals surface area (Å²) in [5.74, 6) is 0.222. The number of imidazole rings is 1. The number of aromatic amines is 1. The van der Waals surface area contributed by atoms with Crippen molar-refractivity contribution in [2.75, 3.05) is 33.4 Å². The van der Waals surface area contributed by atoms with Gasteiger partial charge in [0.05, 0.1) is 24.9 Å². The molecule has 1 unspecified atom stereocenters. The molecule has 0 spiro atoms. The number of H-pyrrole nitrogens is 1. The first-order valence-electron chi connectivity index (χ1n) is 15.5. The number of rotatable bonds is 10. The second-order valence-electron chi connectivity index (χ2n) is 12.2. The number of amides is 2. The van der Waals surface area contributed by atoms with Crippen LogP contribution in [0.2, 0.25) is 0 Å². The van der Waals surface area contributed by atoms with E-state index in [1.165, 1.54) is 6.20 Å². The second-order valence-corrected chi connectivity index (χ2v) is 12.2. The van der Waals surface area contributed by atoms with Crippen molar-refractivity contribution in [2.24, 2.45) is 0 Å². The van der Waals surface area contributed by atoms with Gasteiger partial charge in [-0.25, -0.2) is 14.5 Å². The predicted molar refractivity (Wildman–Crippen MR) is 171 cm³/mol. The summed E-state index contributed by atoms with van der Waals surface area (Å²) < 4.78 is 18.7. The van der Waals surface area contributed by atoms with E-state index in [9.17, 15) is 9.59 Å². The first-order chi connectivity index (χ1) is 21.6. The number of pyridine rings is 1. The topological polar surface area (TPSA) is 136 Å². The van der Waals surface area contributed by atoms with Crippen LogP contribution in [0.1, 0.15) is 74.8 Å². The predicted octanol–water partition coefficient (Wildman–Crippen LogP) is 5.63. The van der Waals surface area contributed by atoms with E-state index in [2.05, 4.69) is 32.4 Å². The van der Waals surface area contributed by atoms with Crippen molar-refractivity contribution in [2.45, 2.75) is 72.3 Å². The number of aromatic nitrogens is 5. The number of fused-ring (bicyclic) bond motifs is 1. The zero-order valence-corrected chi connectivity index (χ0v) is 27.0. The van der Waals surface area contributed by atoms with Crippen LogP contribution in [0.4, 0.5) is 4.79 Å². The normalized spacial score (nSPS) is 15.3. The van der Waals surface area contributed by atoms with Gasteiger partial charge in [0, 0.05) is 50.1 Å². The van der Waals surface area contributed by atoms with Crippen LogP contribution < -0.4 is 5.32 Å². The Morgan fingerprint density at radius 2 is 2.02 bits per heavy atom. The van der Waals surface area contributed by atoms with Crippen LogP contribution in [0, 0.1) is 6.92 Å². The molecule has 0 bridgehead atoms. The molecule has 4 heterocycles. The second kappa shape index (κ2) is 13.8. The van der Waals surface area contributed by atoms with Crippen molar-refractivity contribution in [3.05, 3.63) is 53.6 Å². The van der Waals surface area contributed by atoms with Crippen LogP contribution in [-0.4, -0.2) is 80.6 Å². The van der Waals surface area contributed by atoms with Crippen molar-refractivity contribution >= 4 is 22.9 Å². The number of hydrogen-bond donors (Lipinski definition) is 2. The highest BCUT2D eigenvalue weighted by Gasteiger charge is 2.25. The molecule has 12 nitrogen and oxygen atoms in total. The summed E-state index contributed by atoms with van der Waals surface area (Å²) in [6.45, 7) is 11.9. The minimum absolute atomic E-state index is 0.188. The van der Waals surface area contributed by atoms with Gasteiger partial charge in [-0.15, -0.1) is 0 Å². The average Bonchev–Trinajstić information content (AvgIpc) is 3.65. The van der Waals surface area contributed by atoms with E-state index in [1.807, 2.05) is 51.6 Å². The number of hydrogen-bond acceptors (Lipinski definition) is 8. The lowest BCUT2D eigenvalue weighted by molar-refractivity contribution is -0.0365. The van der Waals surface area contributed by atoms with Gasteiger partial charge in [0.1, 0.15) is 17.0 Å². The van der Waals surface area contributed by atoms with Gasteiger partial charge in [0.25, 0.3) is 5.91 Å². The van der Waals surface area contributed by atoms with Gasteiger partial charge in [-0.05, 0) is 82.7 Å². The Morgan fingerprint density at radius 3 is 2.73 bits per heavy atom. The summed E-state index contributed by atoms with van der Waals surface area (Å²) in [5, 5.41) is 8.67. The van der Waals surface area contributed by atoms with E-state index in [-0.39, 0.29) is 18.2 Å². The monoisotopic (exact) mass is 617 g/mol. The SMILES string of the molecule is CCN(Cc1cncc(-c2ccc3c(c2)c(-c2ncc(C(=O)NCCOC)[nH]2)nn3C2CCCCO2)c1C)C(=O)OC(C)(C)C. The van der Waals surface area contributed by atoms with Crippen molar-refractivity contribution < 1.29 is 23.8 Å². The average molecular weight is 618 g/mol. The maximum absolute atomic E-state index is 12.8. The van der Waals surface area contributed by atoms with Gasteiger partial charge in [-0.2, -0.15) is 5.10 Å². The number of ether oxygens (including phenoxy) is 3. The third-order valence-electron chi connectivity index (χ3n) is 7.80. The van der Waals surface area contributed by atoms with Gasteiger partial charge < -0.3 is 29.4 Å². The van der Waals surface area contributed by atoms with Crippen LogP contribution in [0.15, 0.2) is 36.8 Å². The van der Waals surface area contributed by atoms with E-state index in [0.29, 0.717) is 50.1 Å². The van der Waals surface area contributed by atoms with Crippen molar-refractivity contribution in [1.29, 1.82) is 0 Å². The summed E-state index contributed by atoms with van der Waals surface area (Å²) in [6.07, 6.45) is 7.56. The van der Waals surface area contributed by atoms with Gasteiger partial charge in [-0.3, -0.25) is 9.78 Å². The van der Waals surface area contributed by atoms with Crippen molar-refractivity contribution in [3.8, 4) is 22.6 Å². The molecule has 240 valence electrons. The molecule has 4 aromatic rings. The number of methoxy groups -OCH3 is 1. The van der Waals surface area contributed by atoms with Gasteiger partial charge in [-0.1, -0.05) is 6.07 Å². The third kappa shape index (κ3) is 7.34. The summed E-state index contributed by atoms with van der Waals surface area (Å²) in [5.41, 5.74) is 5.14. The zero-order valence-electron chi connectivity index (χ0n) is 27.0. The van der Waals surface area contributed by atoms with Gasteiger partial charge in [0.2, 0.25) is 0 Å². The molecule has 1 saturated heterocycles. The maximum atomic E-state index is 12.8. The number of carbonyl (C=O) groups is 2. The molecule has 12 heteroatoms. The smallest absolute Gasteiger partial charge is 0.410 e. The fourth-order valence-corrected chi connectivity index (χ4v) is 5.39. The Hall–Kier alpha value is -4.29. The fourth-order valence-electron chi connectivity index (χ4n) is 5.39. The van der Waals surface area contributed by atoms with E-state index in [1.54, 1.807) is 18.2 Å². The van der Waals surface area contributed by atoms with Crippen LogP contribution in [0.25, 0.3) is 33.5 Å². The Labute approximate surface area is 263 Å². The summed E-state index contributed by atoms with van der Waals surface area (Å²) in [7, 11) is 1.59. The molecule has 2 N–H and O–H groups in total. The largest absolute Gasteiger partial charge is 0.444 e. The molecule has 1 aliphatic rings. The first kappa shape index (κ1) is 32.1. The maximum Gasteiger partial charge on any atom is 0.410 e. The molecule has 3 aromatic heterocycles. The molecular formula is C33H43N7O5. The van der Waals surface area contributed by atoms with Crippen molar-refractivity contribution in [1.82, 2.24) is 34.9 Å². The standard InChI is InChI=1S/C33H43N7O5/c1-7-39(32(42)45-33(3,4)5)20-23-17-34-18-25(21(23)2)22-11-12-27-24(16-22)29(38-40(27)28-10-8-9-14-44-28)30-36-19-26(37-30)31(41)35-13-15-43-6/h11-12,16-19,28H,7-10,13-15,20H2,1-6H3,(H,35,41)(H,36,37). The molecule has 1 aliphatic heterocycles. The molecule has 0 aliphatic carbocycles. The van der Waals surface area contributed by atoms with E-state index >= 15 is 0 Å². The fraction of sp³-hybridized carbons (Fsp3) is 0.485. The highest BCUT2D eigenvalue weighted by atomic mass is 16.6. The summed E-state index contributed by atoms with van der Waals surface area (Å²) in [4.78, 5) is 39.4. The highest BCUT2D eigenvalue weighted by Crippen LogP contribution is 2.35. The Balaban J connectivity index is 1.52. The van der Waals surface area contributed by atoms with Gasteiger partial charge in [0.15, 0.2) is 12.1 Å². The number of carbonyl (C=O) groups excluding carboxylic acids is 2. The molecular weight excluding hydrogens is 574 g/mol. The lowest BCUT2D eigenvalue weighted by Crippen LogP contribution is -2.36. The first-order valence-corrected chi connectivity index (χ1v) is 15.5. The molecule has 1 aromatic carbocycles. The molecule has 1 atom stereocenters.